The van der Waals surface area contributed by atoms with Crippen LogP contribution >= 0.6 is 11.6 Å². The Morgan fingerprint density at radius 3 is 2.53 bits per heavy atom. The van der Waals surface area contributed by atoms with Crippen molar-refractivity contribution in [2.75, 3.05) is 0 Å². The fraction of sp³-hybridized carbons (Fsp3) is 0.133. The molecule has 1 N–H and O–H groups in total. The zero-order valence-corrected chi connectivity index (χ0v) is 11.4. The molecule has 2 aromatic carbocycles. The minimum atomic E-state index is -1.02. The summed E-state index contributed by atoms with van der Waals surface area (Å²) in [7, 11) is 0. The summed E-state index contributed by atoms with van der Waals surface area (Å²) in [6.45, 7) is 3.71. The average molecular weight is 277 g/mol. The van der Waals surface area contributed by atoms with Gasteiger partial charge in [0.25, 0.3) is 0 Å². The van der Waals surface area contributed by atoms with Gasteiger partial charge >= 0.3 is 5.97 Å². The van der Waals surface area contributed by atoms with E-state index < -0.39 is 5.97 Å². The van der Waals surface area contributed by atoms with Gasteiger partial charge in [0, 0.05) is 5.02 Å². The van der Waals surface area contributed by atoms with Crippen LogP contribution < -0.4 is 4.74 Å². The fourth-order valence-corrected chi connectivity index (χ4v) is 1.86. The molecule has 0 radical (unpaired) electrons. The number of ether oxygens (including phenoxy) is 1. The Hall–Kier alpha value is -2.00. The third kappa shape index (κ3) is 3.06. The predicted molar refractivity (Wildman–Crippen MR) is 74.4 cm³/mol. The molecule has 2 rings (SSSR count). The molecule has 98 valence electrons. The monoisotopic (exact) mass is 276 g/mol. The second-order valence-corrected chi connectivity index (χ2v) is 4.75. The van der Waals surface area contributed by atoms with Crippen LogP contribution in [0.2, 0.25) is 5.02 Å². The highest BCUT2D eigenvalue weighted by Gasteiger charge is 2.13. The van der Waals surface area contributed by atoms with Crippen molar-refractivity contribution in [3.8, 4) is 11.5 Å². The van der Waals surface area contributed by atoms with Crippen molar-refractivity contribution in [3.05, 3.63) is 58.1 Å². The number of benzene rings is 2. The van der Waals surface area contributed by atoms with Crippen molar-refractivity contribution in [3.63, 3.8) is 0 Å². The highest BCUT2D eigenvalue weighted by molar-refractivity contribution is 6.30. The van der Waals surface area contributed by atoms with Crippen molar-refractivity contribution < 1.29 is 14.6 Å². The zero-order chi connectivity index (χ0) is 14.0. The van der Waals surface area contributed by atoms with Crippen LogP contribution in [0, 0.1) is 13.8 Å². The molecule has 0 saturated carbocycles. The average Bonchev–Trinajstić information content (AvgIpc) is 2.35. The van der Waals surface area contributed by atoms with Crippen molar-refractivity contribution in [2.45, 2.75) is 13.8 Å². The number of aromatic carboxylic acids is 1. The van der Waals surface area contributed by atoms with Gasteiger partial charge in [-0.15, -0.1) is 0 Å². The summed E-state index contributed by atoms with van der Waals surface area (Å²) in [4.78, 5) is 11.2. The molecule has 3 nitrogen and oxygen atoms in total. The Morgan fingerprint density at radius 2 is 1.84 bits per heavy atom. The van der Waals surface area contributed by atoms with Crippen LogP contribution in [0.3, 0.4) is 0 Å². The third-order valence-electron chi connectivity index (χ3n) is 2.74. The van der Waals surface area contributed by atoms with E-state index in [1.807, 2.05) is 26.0 Å². The summed E-state index contributed by atoms with van der Waals surface area (Å²) in [6, 6.07) is 10.3. The van der Waals surface area contributed by atoms with Gasteiger partial charge in [-0.3, -0.25) is 0 Å². The van der Waals surface area contributed by atoms with Crippen molar-refractivity contribution in [1.29, 1.82) is 0 Å². The number of carboxylic acids is 1. The molecule has 0 bridgehead atoms. The van der Waals surface area contributed by atoms with Crippen LogP contribution in [-0.4, -0.2) is 11.1 Å². The van der Waals surface area contributed by atoms with E-state index in [0.29, 0.717) is 16.5 Å². The van der Waals surface area contributed by atoms with Crippen LogP contribution in [-0.2, 0) is 0 Å². The van der Waals surface area contributed by atoms with Gasteiger partial charge in [-0.05, 0) is 43.7 Å². The van der Waals surface area contributed by atoms with Crippen molar-refractivity contribution in [1.82, 2.24) is 0 Å². The van der Waals surface area contributed by atoms with Crippen LogP contribution in [0.4, 0.5) is 0 Å². The van der Waals surface area contributed by atoms with Crippen LogP contribution in [0.25, 0.3) is 0 Å². The molecule has 0 aromatic heterocycles. The molecule has 0 aliphatic carbocycles. The number of carboxylic acid groups (broad SMARTS) is 1. The molecule has 0 fully saturated rings. The topological polar surface area (TPSA) is 46.5 Å². The number of rotatable bonds is 3. The third-order valence-corrected chi connectivity index (χ3v) is 2.97. The van der Waals surface area contributed by atoms with E-state index in [1.165, 1.54) is 0 Å². The molecule has 0 amide bonds. The van der Waals surface area contributed by atoms with Crippen LogP contribution in [0.1, 0.15) is 21.5 Å². The maximum absolute atomic E-state index is 11.2. The minimum absolute atomic E-state index is 0.138. The minimum Gasteiger partial charge on any atom is -0.478 e. The van der Waals surface area contributed by atoms with E-state index in [-0.39, 0.29) is 5.56 Å². The number of carbonyl (C=O) groups is 1. The standard InChI is InChI=1S/C15H13ClO3/c1-9-3-6-13(12(7-9)15(17)18)19-14-8-11(16)5-4-10(14)2/h3-8H,1-2H3,(H,17,18). The van der Waals surface area contributed by atoms with Gasteiger partial charge in [0.2, 0.25) is 0 Å². The Bertz CT molecular complexity index is 635. The smallest absolute Gasteiger partial charge is 0.339 e. The Morgan fingerprint density at radius 1 is 1.11 bits per heavy atom. The predicted octanol–water partition coefficient (Wildman–Crippen LogP) is 4.45. The Kier molecular flexibility index (Phi) is 3.76. The summed E-state index contributed by atoms with van der Waals surface area (Å²) < 4.78 is 5.67. The molecule has 0 aliphatic heterocycles. The number of hydrogen-bond acceptors (Lipinski definition) is 2. The summed E-state index contributed by atoms with van der Waals surface area (Å²) in [5, 5.41) is 9.73. The summed E-state index contributed by atoms with van der Waals surface area (Å²) in [5.74, 6) is -0.152. The molecule has 0 spiro atoms. The molecule has 0 unspecified atom stereocenters. The maximum Gasteiger partial charge on any atom is 0.339 e. The zero-order valence-electron chi connectivity index (χ0n) is 10.6. The van der Waals surface area contributed by atoms with Crippen LogP contribution in [0.5, 0.6) is 11.5 Å². The quantitative estimate of drug-likeness (QED) is 0.901. The fourth-order valence-electron chi connectivity index (χ4n) is 1.70. The van der Waals surface area contributed by atoms with Gasteiger partial charge in [-0.25, -0.2) is 4.79 Å². The van der Waals surface area contributed by atoms with E-state index >= 15 is 0 Å². The second-order valence-electron chi connectivity index (χ2n) is 4.32. The molecular weight excluding hydrogens is 264 g/mol. The van der Waals surface area contributed by atoms with Gasteiger partial charge in [0.05, 0.1) is 0 Å². The normalized spacial score (nSPS) is 10.3. The first-order chi connectivity index (χ1) is 8.97. The highest BCUT2D eigenvalue weighted by atomic mass is 35.5. The van der Waals surface area contributed by atoms with Gasteiger partial charge in [-0.2, -0.15) is 0 Å². The van der Waals surface area contributed by atoms with Crippen molar-refractivity contribution in [2.24, 2.45) is 0 Å². The molecular formula is C15H13ClO3. The first kappa shape index (κ1) is 13.4. The van der Waals surface area contributed by atoms with E-state index in [2.05, 4.69) is 0 Å². The van der Waals surface area contributed by atoms with E-state index in [0.717, 1.165) is 11.1 Å². The molecule has 2 aromatic rings. The maximum atomic E-state index is 11.2. The summed E-state index contributed by atoms with van der Waals surface area (Å²) in [6.07, 6.45) is 0. The van der Waals surface area contributed by atoms with E-state index in [9.17, 15) is 9.90 Å². The lowest BCUT2D eigenvalue weighted by atomic mass is 10.1. The van der Waals surface area contributed by atoms with E-state index in [1.54, 1.807) is 24.3 Å². The van der Waals surface area contributed by atoms with Crippen molar-refractivity contribution >= 4 is 17.6 Å². The highest BCUT2D eigenvalue weighted by Crippen LogP contribution is 2.30. The largest absolute Gasteiger partial charge is 0.478 e. The number of halogens is 1. The summed E-state index contributed by atoms with van der Waals surface area (Å²) >= 11 is 5.91. The van der Waals surface area contributed by atoms with Gasteiger partial charge in [0.1, 0.15) is 17.1 Å². The SMILES string of the molecule is Cc1ccc(Oc2cc(Cl)ccc2C)c(C(=O)O)c1. The molecule has 4 heteroatoms. The van der Waals surface area contributed by atoms with E-state index in [4.69, 9.17) is 16.3 Å². The lowest BCUT2D eigenvalue weighted by Crippen LogP contribution is -2.01. The first-order valence-corrected chi connectivity index (χ1v) is 6.13. The van der Waals surface area contributed by atoms with Gasteiger partial charge < -0.3 is 9.84 Å². The number of aryl methyl sites for hydroxylation is 2. The van der Waals surface area contributed by atoms with Gasteiger partial charge in [0.15, 0.2) is 0 Å². The molecule has 0 saturated heterocycles. The molecule has 0 aliphatic rings. The lowest BCUT2D eigenvalue weighted by molar-refractivity contribution is 0.0694. The number of hydrogen-bond donors (Lipinski definition) is 1. The second kappa shape index (κ2) is 5.33. The molecule has 19 heavy (non-hydrogen) atoms. The Labute approximate surface area is 116 Å². The van der Waals surface area contributed by atoms with Crippen LogP contribution in [0.15, 0.2) is 36.4 Å². The first-order valence-electron chi connectivity index (χ1n) is 5.75. The lowest BCUT2D eigenvalue weighted by Gasteiger charge is -2.11. The molecule has 0 heterocycles. The molecule has 0 atom stereocenters. The Balaban J connectivity index is 2.43. The summed E-state index contributed by atoms with van der Waals surface area (Å²) in [5.41, 5.74) is 1.90. The van der Waals surface area contributed by atoms with Gasteiger partial charge in [-0.1, -0.05) is 29.3 Å².